The van der Waals surface area contributed by atoms with E-state index in [2.05, 4.69) is 25.3 Å². The van der Waals surface area contributed by atoms with Gasteiger partial charge in [0.1, 0.15) is 5.52 Å². The van der Waals surface area contributed by atoms with E-state index in [1.54, 1.807) is 12.3 Å². The minimum Gasteiger partial charge on any atom is -0.333 e. The molecular weight excluding hydrogens is 254 g/mol. The molecule has 2 aromatic rings. The number of rotatable bonds is 3. The molecule has 6 nitrogen and oxygen atoms in total. The second-order valence-electron chi connectivity index (χ2n) is 5.77. The Morgan fingerprint density at radius 3 is 2.45 bits per heavy atom. The van der Waals surface area contributed by atoms with Gasteiger partial charge in [0.25, 0.3) is 5.91 Å². The fourth-order valence-electron chi connectivity index (χ4n) is 2.97. The fourth-order valence-corrected chi connectivity index (χ4v) is 2.97. The first-order valence-corrected chi connectivity index (χ1v) is 7.32. The summed E-state index contributed by atoms with van der Waals surface area (Å²) in [4.78, 5) is 19.1. The summed E-state index contributed by atoms with van der Waals surface area (Å²) in [7, 11) is 0. The predicted molar refractivity (Wildman–Crippen MR) is 73.1 cm³/mol. The van der Waals surface area contributed by atoms with E-state index in [1.807, 2.05) is 0 Å². The van der Waals surface area contributed by atoms with Crippen LogP contribution in [0.25, 0.3) is 11.2 Å². The molecule has 0 saturated heterocycles. The number of hydrogen-bond acceptors (Lipinski definition) is 4. The van der Waals surface area contributed by atoms with Gasteiger partial charge < -0.3 is 4.90 Å². The van der Waals surface area contributed by atoms with Gasteiger partial charge in [0.2, 0.25) is 5.65 Å². The molecule has 2 saturated carbocycles. The summed E-state index contributed by atoms with van der Waals surface area (Å²) in [6.07, 6.45) is 8.66. The van der Waals surface area contributed by atoms with Crippen LogP contribution in [0.5, 0.6) is 0 Å². The minimum absolute atomic E-state index is 0.108. The van der Waals surface area contributed by atoms with Crippen molar-refractivity contribution in [2.24, 2.45) is 0 Å². The summed E-state index contributed by atoms with van der Waals surface area (Å²) in [5.74, 6) is 0.108. The number of aromatic nitrogens is 4. The zero-order valence-corrected chi connectivity index (χ0v) is 11.2. The van der Waals surface area contributed by atoms with Crippen molar-refractivity contribution in [3.63, 3.8) is 0 Å². The van der Waals surface area contributed by atoms with Crippen molar-refractivity contribution in [3.05, 3.63) is 17.8 Å². The van der Waals surface area contributed by atoms with E-state index in [0.29, 0.717) is 28.8 Å². The van der Waals surface area contributed by atoms with E-state index in [1.165, 1.54) is 12.8 Å². The summed E-state index contributed by atoms with van der Waals surface area (Å²) in [5, 5.41) is 10.5. The van der Waals surface area contributed by atoms with Gasteiger partial charge in [-0.25, -0.2) is 4.98 Å². The van der Waals surface area contributed by atoms with Crippen molar-refractivity contribution in [2.45, 2.75) is 50.6 Å². The second kappa shape index (κ2) is 4.54. The highest BCUT2D eigenvalue weighted by molar-refractivity contribution is 5.96. The molecule has 104 valence electrons. The number of amides is 1. The fraction of sp³-hybridized carbons (Fsp3) is 0.571. The van der Waals surface area contributed by atoms with Crippen LogP contribution in [-0.4, -0.2) is 43.3 Å². The zero-order chi connectivity index (χ0) is 13.5. The van der Waals surface area contributed by atoms with Gasteiger partial charge in [0.15, 0.2) is 0 Å². The molecule has 0 radical (unpaired) electrons. The molecule has 1 amide bonds. The van der Waals surface area contributed by atoms with Gasteiger partial charge in [-0.3, -0.25) is 4.79 Å². The van der Waals surface area contributed by atoms with Crippen LogP contribution in [0.15, 0.2) is 12.3 Å². The third-order valence-electron chi connectivity index (χ3n) is 4.59. The summed E-state index contributed by atoms with van der Waals surface area (Å²) in [5.41, 5.74) is 1.84. The molecule has 6 heteroatoms. The first kappa shape index (κ1) is 11.8. The Balaban J connectivity index is 1.65. The predicted octanol–water partition coefficient (Wildman–Crippen LogP) is 1.90. The standard InChI is InChI=1S/C14H17N5O/c20-14(9-7-12-13(15-8-9)17-18-16-12)19(10-3-1-4-10)11-5-2-6-11/h7-8,10-11H,1-6H2,(H,15,16,17,18). The lowest BCUT2D eigenvalue weighted by atomic mass is 9.84. The number of carbonyl (C=O) groups excluding carboxylic acids is 1. The maximum atomic E-state index is 12.8. The lowest BCUT2D eigenvalue weighted by molar-refractivity contribution is 0.0285. The van der Waals surface area contributed by atoms with E-state index >= 15 is 0 Å². The molecule has 2 aliphatic rings. The van der Waals surface area contributed by atoms with Gasteiger partial charge in [-0.2, -0.15) is 10.3 Å². The molecule has 4 rings (SSSR count). The molecular formula is C14H17N5O. The van der Waals surface area contributed by atoms with E-state index < -0.39 is 0 Å². The van der Waals surface area contributed by atoms with E-state index in [9.17, 15) is 4.79 Å². The average molecular weight is 271 g/mol. The van der Waals surface area contributed by atoms with Gasteiger partial charge in [-0.15, -0.1) is 5.10 Å². The van der Waals surface area contributed by atoms with Crippen molar-refractivity contribution < 1.29 is 4.79 Å². The van der Waals surface area contributed by atoms with Crippen LogP contribution in [0.4, 0.5) is 0 Å². The summed E-state index contributed by atoms with van der Waals surface area (Å²) < 4.78 is 0. The molecule has 0 bridgehead atoms. The quantitative estimate of drug-likeness (QED) is 0.925. The Labute approximate surface area is 116 Å². The number of nitrogens with zero attached hydrogens (tertiary/aromatic N) is 4. The van der Waals surface area contributed by atoms with Crippen LogP contribution in [0, 0.1) is 0 Å². The van der Waals surface area contributed by atoms with Crippen molar-refractivity contribution in [1.29, 1.82) is 0 Å². The lowest BCUT2D eigenvalue weighted by Crippen LogP contribution is -2.52. The number of fused-ring (bicyclic) bond motifs is 1. The summed E-state index contributed by atoms with van der Waals surface area (Å²) in [6.45, 7) is 0. The number of hydrogen-bond donors (Lipinski definition) is 1. The average Bonchev–Trinajstić information content (AvgIpc) is 2.79. The highest BCUT2D eigenvalue weighted by Crippen LogP contribution is 2.34. The normalized spacial score (nSPS) is 19.6. The topological polar surface area (TPSA) is 74.8 Å². The van der Waals surface area contributed by atoms with E-state index in [4.69, 9.17) is 0 Å². The molecule has 0 spiro atoms. The van der Waals surface area contributed by atoms with Crippen LogP contribution in [0.2, 0.25) is 0 Å². The molecule has 0 unspecified atom stereocenters. The number of H-pyrrole nitrogens is 1. The van der Waals surface area contributed by atoms with Crippen molar-refractivity contribution in [3.8, 4) is 0 Å². The van der Waals surface area contributed by atoms with Gasteiger partial charge in [0, 0.05) is 18.3 Å². The van der Waals surface area contributed by atoms with Gasteiger partial charge in [0.05, 0.1) is 5.56 Å². The largest absolute Gasteiger partial charge is 0.333 e. The first-order valence-electron chi connectivity index (χ1n) is 7.32. The van der Waals surface area contributed by atoms with Crippen LogP contribution < -0.4 is 0 Å². The van der Waals surface area contributed by atoms with Crippen LogP contribution in [-0.2, 0) is 0 Å². The van der Waals surface area contributed by atoms with Gasteiger partial charge in [-0.1, -0.05) is 0 Å². The Hall–Kier alpha value is -1.98. The molecule has 0 atom stereocenters. The lowest BCUT2D eigenvalue weighted by Gasteiger charge is -2.46. The van der Waals surface area contributed by atoms with Crippen molar-refractivity contribution >= 4 is 17.1 Å². The smallest absolute Gasteiger partial charge is 0.256 e. The first-order chi connectivity index (χ1) is 9.83. The summed E-state index contributed by atoms with van der Waals surface area (Å²) in [6, 6.07) is 2.65. The van der Waals surface area contributed by atoms with Crippen molar-refractivity contribution in [2.75, 3.05) is 0 Å². The van der Waals surface area contributed by atoms with Crippen LogP contribution >= 0.6 is 0 Å². The highest BCUT2D eigenvalue weighted by Gasteiger charge is 2.37. The van der Waals surface area contributed by atoms with Gasteiger partial charge in [-0.05, 0) is 44.6 Å². The molecule has 1 N–H and O–H groups in total. The molecule has 20 heavy (non-hydrogen) atoms. The number of nitrogens with one attached hydrogen (secondary N) is 1. The Bertz CT molecular complexity index is 630. The van der Waals surface area contributed by atoms with E-state index in [-0.39, 0.29) is 5.91 Å². The molecule has 0 aliphatic heterocycles. The third kappa shape index (κ3) is 1.78. The highest BCUT2D eigenvalue weighted by atomic mass is 16.2. The Morgan fingerprint density at radius 2 is 1.85 bits per heavy atom. The van der Waals surface area contributed by atoms with E-state index in [0.717, 1.165) is 25.7 Å². The van der Waals surface area contributed by atoms with Crippen molar-refractivity contribution in [1.82, 2.24) is 25.3 Å². The molecule has 2 heterocycles. The molecule has 2 aliphatic carbocycles. The SMILES string of the molecule is O=C(c1cnc2n[nH]nc2c1)N(C1CCC1)C1CCC1. The maximum Gasteiger partial charge on any atom is 0.256 e. The third-order valence-corrected chi connectivity index (χ3v) is 4.59. The minimum atomic E-state index is 0.108. The molecule has 2 fully saturated rings. The van der Waals surface area contributed by atoms with Gasteiger partial charge >= 0.3 is 0 Å². The maximum absolute atomic E-state index is 12.8. The number of carbonyl (C=O) groups is 1. The van der Waals surface area contributed by atoms with Crippen LogP contribution in [0.3, 0.4) is 0 Å². The summed E-state index contributed by atoms with van der Waals surface area (Å²) >= 11 is 0. The monoisotopic (exact) mass is 271 g/mol. The Kier molecular flexibility index (Phi) is 2.68. The number of aromatic amines is 1. The number of pyridine rings is 1. The molecule has 0 aromatic carbocycles. The second-order valence-corrected chi connectivity index (χ2v) is 5.77. The Morgan fingerprint density at radius 1 is 1.15 bits per heavy atom. The molecule has 2 aromatic heterocycles. The zero-order valence-electron chi connectivity index (χ0n) is 11.2. The van der Waals surface area contributed by atoms with Crippen LogP contribution in [0.1, 0.15) is 48.9 Å².